The average molecular weight is 430 g/mol. The summed E-state index contributed by atoms with van der Waals surface area (Å²) in [6.07, 6.45) is 3.04. The van der Waals surface area contributed by atoms with Gasteiger partial charge in [-0.2, -0.15) is 0 Å². The van der Waals surface area contributed by atoms with Crippen molar-refractivity contribution in [3.63, 3.8) is 0 Å². The molecule has 0 radical (unpaired) electrons. The van der Waals surface area contributed by atoms with E-state index in [9.17, 15) is 8.42 Å². The van der Waals surface area contributed by atoms with E-state index in [1.54, 1.807) is 6.20 Å². The highest BCUT2D eigenvalue weighted by atomic mass is 35.5. The first-order valence-corrected chi connectivity index (χ1v) is 11.0. The minimum atomic E-state index is -3.79. The molecule has 7 nitrogen and oxygen atoms in total. The van der Waals surface area contributed by atoms with E-state index in [1.165, 1.54) is 36.1 Å². The van der Waals surface area contributed by atoms with Gasteiger partial charge in [0.25, 0.3) is 10.0 Å². The third-order valence-electron chi connectivity index (χ3n) is 4.73. The van der Waals surface area contributed by atoms with Crippen molar-refractivity contribution in [2.45, 2.75) is 4.90 Å². The fraction of sp³-hybridized carbons (Fsp3) is 0.200. The maximum atomic E-state index is 12.7. The molecule has 0 atom stereocenters. The van der Waals surface area contributed by atoms with Gasteiger partial charge in [-0.1, -0.05) is 29.8 Å². The highest BCUT2D eigenvalue weighted by Gasteiger charge is 2.24. The molecule has 0 saturated carbocycles. The van der Waals surface area contributed by atoms with Crippen molar-refractivity contribution in [2.24, 2.45) is 0 Å². The van der Waals surface area contributed by atoms with Crippen molar-refractivity contribution in [3.05, 3.63) is 72.0 Å². The van der Waals surface area contributed by atoms with E-state index < -0.39 is 10.0 Å². The highest BCUT2D eigenvalue weighted by molar-refractivity contribution is 7.92. The summed E-state index contributed by atoms with van der Waals surface area (Å²) in [5.41, 5.74) is 1.18. The Morgan fingerprint density at radius 3 is 2.14 bits per heavy atom. The number of aromatic nitrogens is 2. The summed E-state index contributed by atoms with van der Waals surface area (Å²) in [4.78, 5) is 13.1. The lowest BCUT2D eigenvalue weighted by Crippen LogP contribution is -2.47. The van der Waals surface area contributed by atoms with Crippen LogP contribution in [0.1, 0.15) is 0 Å². The van der Waals surface area contributed by atoms with Gasteiger partial charge in [0.1, 0.15) is 0 Å². The van der Waals surface area contributed by atoms with Gasteiger partial charge in [0.05, 0.1) is 4.90 Å². The lowest BCUT2D eigenvalue weighted by molar-refractivity contribution is 0.600. The molecule has 1 aliphatic rings. The number of rotatable bonds is 5. The molecule has 2 aromatic carbocycles. The van der Waals surface area contributed by atoms with Gasteiger partial charge in [-0.25, -0.2) is 18.4 Å². The summed E-state index contributed by atoms with van der Waals surface area (Å²) in [7, 11) is -3.79. The van der Waals surface area contributed by atoms with Crippen molar-refractivity contribution in [3.8, 4) is 0 Å². The van der Waals surface area contributed by atoms with Crippen molar-refractivity contribution in [1.82, 2.24) is 9.97 Å². The standard InChI is InChI=1S/C20H20ClN5O2S/c21-16-6-8-18(9-7-16)29(27,28)24-19-20(23-11-10-22-19)26-14-12-25(13-15-26)17-4-2-1-3-5-17/h1-11H,12-15H2,(H,22,24). The van der Waals surface area contributed by atoms with E-state index in [1.807, 2.05) is 23.1 Å². The Bertz CT molecular complexity index is 1070. The molecule has 9 heteroatoms. The molecule has 29 heavy (non-hydrogen) atoms. The molecule has 1 fully saturated rings. The van der Waals surface area contributed by atoms with Crippen LogP contribution >= 0.6 is 11.6 Å². The van der Waals surface area contributed by atoms with E-state index in [4.69, 9.17) is 11.6 Å². The van der Waals surface area contributed by atoms with Gasteiger partial charge in [0.2, 0.25) is 0 Å². The quantitative estimate of drug-likeness (QED) is 0.670. The molecule has 2 heterocycles. The van der Waals surface area contributed by atoms with Crippen LogP contribution in [0.5, 0.6) is 0 Å². The second-order valence-electron chi connectivity index (χ2n) is 6.60. The number of nitrogens with zero attached hydrogens (tertiary/aromatic N) is 4. The first kappa shape index (κ1) is 19.5. The Hall–Kier alpha value is -2.84. The number of halogens is 1. The smallest absolute Gasteiger partial charge is 0.263 e. The fourth-order valence-electron chi connectivity index (χ4n) is 3.25. The van der Waals surface area contributed by atoms with Gasteiger partial charge in [0.15, 0.2) is 11.6 Å². The topological polar surface area (TPSA) is 78.4 Å². The summed E-state index contributed by atoms with van der Waals surface area (Å²) in [5.74, 6) is 0.744. The van der Waals surface area contributed by atoms with Crippen LogP contribution in [0.4, 0.5) is 17.3 Å². The van der Waals surface area contributed by atoms with E-state index in [2.05, 4.69) is 31.7 Å². The van der Waals surface area contributed by atoms with Gasteiger partial charge in [-0.3, -0.25) is 4.72 Å². The van der Waals surface area contributed by atoms with E-state index >= 15 is 0 Å². The predicted molar refractivity (Wildman–Crippen MR) is 115 cm³/mol. The molecule has 0 bridgehead atoms. The average Bonchev–Trinajstić information content (AvgIpc) is 2.75. The van der Waals surface area contributed by atoms with Crippen LogP contribution in [-0.4, -0.2) is 44.6 Å². The Kier molecular flexibility index (Phi) is 5.55. The second kappa shape index (κ2) is 8.26. The third kappa shape index (κ3) is 4.44. The molecule has 0 aliphatic carbocycles. The SMILES string of the molecule is O=S(=O)(Nc1nccnc1N1CCN(c2ccccc2)CC1)c1ccc(Cl)cc1. The Morgan fingerprint density at radius 1 is 0.828 bits per heavy atom. The van der Waals surface area contributed by atoms with Crippen molar-refractivity contribution in [2.75, 3.05) is 40.7 Å². The van der Waals surface area contributed by atoms with Crippen LogP contribution in [0, 0.1) is 0 Å². The number of anilines is 3. The van der Waals surface area contributed by atoms with E-state index in [0.29, 0.717) is 23.9 Å². The number of para-hydroxylation sites is 1. The number of hydrogen-bond donors (Lipinski definition) is 1. The maximum absolute atomic E-state index is 12.7. The lowest BCUT2D eigenvalue weighted by Gasteiger charge is -2.37. The number of benzene rings is 2. The monoisotopic (exact) mass is 429 g/mol. The van der Waals surface area contributed by atoms with Crippen LogP contribution in [0.25, 0.3) is 0 Å². The van der Waals surface area contributed by atoms with Gasteiger partial charge in [-0.05, 0) is 36.4 Å². The zero-order valence-corrected chi connectivity index (χ0v) is 17.1. The summed E-state index contributed by atoms with van der Waals surface area (Å²) in [6.45, 7) is 3.04. The maximum Gasteiger partial charge on any atom is 0.263 e. The summed E-state index contributed by atoms with van der Waals surface area (Å²) in [6, 6.07) is 16.2. The van der Waals surface area contributed by atoms with Crippen LogP contribution in [0.3, 0.4) is 0 Å². The molecular formula is C20H20ClN5O2S. The molecule has 4 rings (SSSR count). The zero-order chi connectivity index (χ0) is 20.3. The fourth-order valence-corrected chi connectivity index (χ4v) is 4.39. The number of sulfonamides is 1. The number of piperazine rings is 1. The van der Waals surface area contributed by atoms with Crippen molar-refractivity contribution in [1.29, 1.82) is 0 Å². The minimum Gasteiger partial charge on any atom is -0.368 e. The highest BCUT2D eigenvalue weighted by Crippen LogP contribution is 2.26. The van der Waals surface area contributed by atoms with Crippen molar-refractivity contribution < 1.29 is 8.42 Å². The van der Waals surface area contributed by atoms with Crippen LogP contribution < -0.4 is 14.5 Å². The second-order valence-corrected chi connectivity index (χ2v) is 8.72. The normalized spacial score (nSPS) is 14.7. The first-order valence-electron chi connectivity index (χ1n) is 9.17. The Balaban J connectivity index is 1.51. The Morgan fingerprint density at radius 2 is 1.45 bits per heavy atom. The molecule has 1 saturated heterocycles. The molecule has 1 N–H and O–H groups in total. The van der Waals surface area contributed by atoms with Gasteiger partial charge in [-0.15, -0.1) is 0 Å². The predicted octanol–water partition coefficient (Wildman–Crippen LogP) is 3.26. The summed E-state index contributed by atoms with van der Waals surface area (Å²) in [5, 5.41) is 0.473. The molecule has 1 aliphatic heterocycles. The molecule has 0 amide bonds. The van der Waals surface area contributed by atoms with Crippen LogP contribution in [0.2, 0.25) is 5.02 Å². The number of hydrogen-bond acceptors (Lipinski definition) is 6. The van der Waals surface area contributed by atoms with Gasteiger partial charge >= 0.3 is 0 Å². The zero-order valence-electron chi connectivity index (χ0n) is 15.6. The molecule has 150 valence electrons. The number of nitrogens with one attached hydrogen (secondary N) is 1. The van der Waals surface area contributed by atoms with Crippen LogP contribution in [0.15, 0.2) is 71.9 Å². The van der Waals surface area contributed by atoms with Gasteiger partial charge in [0, 0.05) is 49.3 Å². The molecule has 0 unspecified atom stereocenters. The molecular weight excluding hydrogens is 410 g/mol. The summed E-state index contributed by atoms with van der Waals surface area (Å²) < 4.78 is 28.0. The minimum absolute atomic E-state index is 0.118. The summed E-state index contributed by atoms with van der Waals surface area (Å²) >= 11 is 5.86. The van der Waals surface area contributed by atoms with Crippen molar-refractivity contribution >= 4 is 38.9 Å². The molecule has 0 spiro atoms. The molecule has 3 aromatic rings. The van der Waals surface area contributed by atoms with Crippen LogP contribution in [-0.2, 0) is 10.0 Å². The largest absolute Gasteiger partial charge is 0.368 e. The third-order valence-corrected chi connectivity index (χ3v) is 6.34. The Labute approximate surface area is 175 Å². The lowest BCUT2D eigenvalue weighted by atomic mass is 10.2. The molecule has 1 aromatic heterocycles. The van der Waals surface area contributed by atoms with E-state index in [0.717, 1.165) is 13.1 Å². The van der Waals surface area contributed by atoms with E-state index in [-0.39, 0.29) is 10.7 Å². The first-order chi connectivity index (χ1) is 14.0. The van der Waals surface area contributed by atoms with Gasteiger partial charge < -0.3 is 9.80 Å².